The van der Waals surface area contributed by atoms with Gasteiger partial charge in [0.1, 0.15) is 0 Å². The largest absolute Gasteiger partial charge is 0.152 e. The minimum Gasteiger partial charge on any atom is -0.152 e. The lowest BCUT2D eigenvalue weighted by Crippen LogP contribution is -2.29. The number of rotatable bonds is 7. The fourth-order valence-corrected chi connectivity index (χ4v) is 4.91. The minimum absolute atomic E-state index is 0.588. The van der Waals surface area contributed by atoms with E-state index in [1.54, 1.807) is 5.56 Å². The molecule has 1 saturated carbocycles. The molecule has 1 heterocycles. The second-order valence-electron chi connectivity index (χ2n) is 6.35. The maximum absolute atomic E-state index is 3.81. The zero-order chi connectivity index (χ0) is 13.6. The highest BCUT2D eigenvalue weighted by Crippen LogP contribution is 2.44. The van der Waals surface area contributed by atoms with Crippen LogP contribution in [0.5, 0.6) is 0 Å². The van der Waals surface area contributed by atoms with E-state index in [-0.39, 0.29) is 0 Å². The van der Waals surface area contributed by atoms with Crippen LogP contribution in [0.2, 0.25) is 0 Å². The van der Waals surface area contributed by atoms with E-state index in [0.29, 0.717) is 5.41 Å². The highest BCUT2D eigenvalue weighted by molar-refractivity contribution is 9.09. The highest BCUT2D eigenvalue weighted by atomic mass is 79.9. The minimum atomic E-state index is 0.588. The Kier molecular flexibility index (Phi) is 6.41. The van der Waals surface area contributed by atoms with Gasteiger partial charge in [-0.15, -0.1) is 0 Å². The fraction of sp³-hybridized carbons (Fsp3) is 0.765. The van der Waals surface area contributed by atoms with Crippen molar-refractivity contribution < 1.29 is 0 Å². The summed E-state index contributed by atoms with van der Waals surface area (Å²) in [5.41, 5.74) is 2.13. The van der Waals surface area contributed by atoms with E-state index in [1.807, 2.05) is 11.3 Å². The van der Waals surface area contributed by atoms with Crippen molar-refractivity contribution in [2.24, 2.45) is 11.3 Å². The summed E-state index contributed by atoms with van der Waals surface area (Å²) < 4.78 is 0. The van der Waals surface area contributed by atoms with Crippen LogP contribution in [0.15, 0.2) is 16.8 Å². The smallest absolute Gasteiger partial charge is 0.00880 e. The van der Waals surface area contributed by atoms with Crippen LogP contribution in [-0.2, 0) is 6.42 Å². The molecule has 108 valence electrons. The molecule has 1 aromatic heterocycles. The van der Waals surface area contributed by atoms with E-state index >= 15 is 0 Å². The summed E-state index contributed by atoms with van der Waals surface area (Å²) >= 11 is 5.64. The molecule has 0 spiro atoms. The molecule has 1 aliphatic rings. The molecule has 0 saturated heterocycles. The second-order valence-corrected chi connectivity index (χ2v) is 7.69. The molecule has 0 atom stereocenters. The topological polar surface area (TPSA) is 0 Å². The molecule has 1 aliphatic carbocycles. The SMILES string of the molecule is CCCCC1CCC(CBr)(CCc2ccsc2)CC1. The Morgan fingerprint density at radius 3 is 2.74 bits per heavy atom. The maximum Gasteiger partial charge on any atom is 0.00880 e. The van der Waals surface area contributed by atoms with Crippen LogP contribution in [0.25, 0.3) is 0 Å². The van der Waals surface area contributed by atoms with Crippen molar-refractivity contribution in [1.82, 2.24) is 0 Å². The van der Waals surface area contributed by atoms with Gasteiger partial charge in [-0.3, -0.25) is 0 Å². The predicted molar refractivity (Wildman–Crippen MR) is 90.4 cm³/mol. The van der Waals surface area contributed by atoms with Crippen molar-refractivity contribution in [2.45, 2.75) is 64.7 Å². The number of alkyl halides is 1. The summed E-state index contributed by atoms with van der Waals surface area (Å²) in [6.07, 6.45) is 12.7. The molecule has 0 aromatic carbocycles. The lowest BCUT2D eigenvalue weighted by Gasteiger charge is -2.39. The average Bonchev–Trinajstić information content (AvgIpc) is 2.97. The normalized spacial score (nSPS) is 27.6. The highest BCUT2D eigenvalue weighted by Gasteiger charge is 2.33. The molecular weight excluding hydrogens is 316 g/mol. The third-order valence-electron chi connectivity index (χ3n) is 4.94. The van der Waals surface area contributed by atoms with Crippen molar-refractivity contribution in [1.29, 1.82) is 0 Å². The zero-order valence-corrected chi connectivity index (χ0v) is 14.6. The second kappa shape index (κ2) is 7.83. The van der Waals surface area contributed by atoms with Crippen LogP contribution in [0.3, 0.4) is 0 Å². The molecule has 1 aromatic rings. The van der Waals surface area contributed by atoms with Gasteiger partial charge in [0, 0.05) is 5.33 Å². The average molecular weight is 343 g/mol. The summed E-state index contributed by atoms with van der Waals surface area (Å²) in [7, 11) is 0. The standard InChI is InChI=1S/C17H27BrS/c1-2-3-4-15-5-9-17(14-18,10-6-15)11-7-16-8-12-19-13-16/h8,12-13,15H,2-7,9-11,14H2,1H3. The number of thiophene rings is 1. The number of hydrogen-bond acceptors (Lipinski definition) is 1. The summed E-state index contributed by atoms with van der Waals surface area (Å²) in [4.78, 5) is 0. The molecular formula is C17H27BrS. The van der Waals surface area contributed by atoms with Crippen molar-refractivity contribution in [3.05, 3.63) is 22.4 Å². The van der Waals surface area contributed by atoms with E-state index < -0.39 is 0 Å². The van der Waals surface area contributed by atoms with E-state index in [1.165, 1.54) is 63.1 Å². The van der Waals surface area contributed by atoms with Gasteiger partial charge in [0.2, 0.25) is 0 Å². The summed E-state index contributed by atoms with van der Waals surface area (Å²) in [6, 6.07) is 2.29. The van der Waals surface area contributed by atoms with Gasteiger partial charge in [-0.25, -0.2) is 0 Å². The van der Waals surface area contributed by atoms with Gasteiger partial charge in [-0.1, -0.05) is 42.1 Å². The Hall–Kier alpha value is 0.180. The number of hydrogen-bond donors (Lipinski definition) is 0. The molecule has 0 unspecified atom stereocenters. The van der Waals surface area contributed by atoms with E-state index in [9.17, 15) is 0 Å². The van der Waals surface area contributed by atoms with Crippen LogP contribution in [-0.4, -0.2) is 5.33 Å². The first-order chi connectivity index (χ1) is 9.28. The molecule has 1 fully saturated rings. The Morgan fingerprint density at radius 2 is 2.16 bits per heavy atom. The Labute approximate surface area is 131 Å². The van der Waals surface area contributed by atoms with E-state index in [0.717, 1.165) is 5.92 Å². The molecule has 0 radical (unpaired) electrons. The van der Waals surface area contributed by atoms with Gasteiger partial charge in [0.25, 0.3) is 0 Å². The van der Waals surface area contributed by atoms with Gasteiger partial charge < -0.3 is 0 Å². The van der Waals surface area contributed by atoms with Crippen LogP contribution < -0.4 is 0 Å². The maximum atomic E-state index is 3.81. The van der Waals surface area contributed by atoms with E-state index in [4.69, 9.17) is 0 Å². The van der Waals surface area contributed by atoms with Gasteiger partial charge in [-0.2, -0.15) is 11.3 Å². The predicted octanol–water partition coefficient (Wildman–Crippen LogP) is 6.44. The number of aryl methyl sites for hydroxylation is 1. The first-order valence-corrected chi connectivity index (χ1v) is 9.91. The Bertz CT molecular complexity index is 336. The van der Waals surface area contributed by atoms with Gasteiger partial charge in [0.15, 0.2) is 0 Å². The van der Waals surface area contributed by atoms with Gasteiger partial charge >= 0.3 is 0 Å². The molecule has 0 aliphatic heterocycles. The van der Waals surface area contributed by atoms with Crippen molar-refractivity contribution in [2.75, 3.05) is 5.33 Å². The van der Waals surface area contributed by atoms with E-state index in [2.05, 4.69) is 39.7 Å². The Balaban J connectivity index is 1.80. The van der Waals surface area contributed by atoms with Crippen molar-refractivity contribution in [3.8, 4) is 0 Å². The lowest BCUT2D eigenvalue weighted by atomic mass is 9.68. The fourth-order valence-electron chi connectivity index (χ4n) is 3.37. The van der Waals surface area contributed by atoms with Crippen molar-refractivity contribution in [3.63, 3.8) is 0 Å². The molecule has 0 bridgehead atoms. The number of halogens is 1. The van der Waals surface area contributed by atoms with Crippen molar-refractivity contribution >= 4 is 27.3 Å². The summed E-state index contributed by atoms with van der Waals surface area (Å²) in [5, 5.41) is 5.72. The quantitative estimate of drug-likeness (QED) is 0.500. The molecule has 19 heavy (non-hydrogen) atoms. The molecule has 0 nitrogen and oxygen atoms in total. The van der Waals surface area contributed by atoms with Crippen LogP contribution in [0.4, 0.5) is 0 Å². The lowest BCUT2D eigenvalue weighted by molar-refractivity contribution is 0.158. The summed E-state index contributed by atoms with van der Waals surface area (Å²) in [6.45, 7) is 2.31. The first-order valence-electron chi connectivity index (χ1n) is 7.85. The summed E-state index contributed by atoms with van der Waals surface area (Å²) in [5.74, 6) is 1.02. The third kappa shape index (κ3) is 4.60. The number of unbranched alkanes of at least 4 members (excludes halogenated alkanes) is 1. The third-order valence-corrected chi connectivity index (χ3v) is 6.86. The zero-order valence-electron chi connectivity index (χ0n) is 12.2. The van der Waals surface area contributed by atoms with Crippen LogP contribution >= 0.6 is 27.3 Å². The molecule has 0 amide bonds. The van der Waals surface area contributed by atoms with Crippen LogP contribution in [0, 0.1) is 11.3 Å². The molecule has 2 rings (SSSR count). The van der Waals surface area contributed by atoms with Crippen LogP contribution in [0.1, 0.15) is 63.9 Å². The molecule has 2 heteroatoms. The first kappa shape index (κ1) is 15.6. The van der Waals surface area contributed by atoms with Gasteiger partial charge in [-0.05, 0) is 72.2 Å². The monoisotopic (exact) mass is 342 g/mol. The van der Waals surface area contributed by atoms with Gasteiger partial charge in [0.05, 0.1) is 0 Å². The molecule has 0 N–H and O–H groups in total. The Morgan fingerprint density at radius 1 is 1.37 bits per heavy atom.